The fourth-order valence-corrected chi connectivity index (χ4v) is 3.76. The zero-order chi connectivity index (χ0) is 25.0. The smallest absolute Gasteiger partial charge is 0.323 e. The normalized spacial score (nSPS) is 12.5. The number of aromatic nitrogens is 4. The van der Waals surface area contributed by atoms with Crippen LogP contribution in [0, 0.1) is 0 Å². The molecule has 3 aromatic rings. The summed E-state index contributed by atoms with van der Waals surface area (Å²) in [5.74, 6) is -1.32. The Bertz CT molecular complexity index is 1060. The SMILES string of the molecule is NC(CC(C(=O)Oc1ccccc1N(CCCl)CCCl)c1nn[nH]n1)C(=O)OCc1ccccc1. The number of tetrazole rings is 1. The molecule has 0 fully saturated rings. The van der Waals surface area contributed by atoms with Crippen LogP contribution in [0.5, 0.6) is 5.75 Å². The Morgan fingerprint density at radius 2 is 1.69 bits per heavy atom. The summed E-state index contributed by atoms with van der Waals surface area (Å²) in [5.41, 5.74) is 7.54. The molecule has 0 aliphatic rings. The predicted octanol–water partition coefficient (Wildman–Crippen LogP) is 2.63. The maximum Gasteiger partial charge on any atom is 0.323 e. The zero-order valence-electron chi connectivity index (χ0n) is 18.8. The van der Waals surface area contributed by atoms with Crippen LogP contribution >= 0.6 is 23.2 Å². The fourth-order valence-electron chi connectivity index (χ4n) is 3.35. The number of anilines is 1. The first-order chi connectivity index (χ1) is 17.0. The Hall–Kier alpha value is -3.21. The van der Waals surface area contributed by atoms with Crippen LogP contribution in [0.25, 0.3) is 0 Å². The molecule has 3 N–H and O–H groups in total. The molecule has 0 saturated heterocycles. The average molecular weight is 521 g/mol. The first-order valence-electron chi connectivity index (χ1n) is 10.9. The number of carbonyl (C=O) groups is 2. The van der Waals surface area contributed by atoms with E-state index in [0.717, 1.165) is 5.56 Å². The van der Waals surface area contributed by atoms with Gasteiger partial charge in [-0.15, -0.1) is 33.4 Å². The Morgan fingerprint density at radius 3 is 2.34 bits per heavy atom. The van der Waals surface area contributed by atoms with Crippen molar-refractivity contribution < 1.29 is 19.1 Å². The third-order valence-electron chi connectivity index (χ3n) is 5.10. The number of hydrogen-bond donors (Lipinski definition) is 2. The van der Waals surface area contributed by atoms with Crippen LogP contribution in [0.4, 0.5) is 5.69 Å². The van der Waals surface area contributed by atoms with Gasteiger partial charge in [0.25, 0.3) is 0 Å². The lowest BCUT2D eigenvalue weighted by Crippen LogP contribution is -2.36. The topological polar surface area (TPSA) is 136 Å². The molecule has 1 aromatic heterocycles. The van der Waals surface area contributed by atoms with Crippen LogP contribution in [0.3, 0.4) is 0 Å². The van der Waals surface area contributed by atoms with Gasteiger partial charge in [-0.25, -0.2) is 0 Å². The lowest BCUT2D eigenvalue weighted by Gasteiger charge is -2.25. The molecule has 2 unspecified atom stereocenters. The largest absolute Gasteiger partial charge is 0.460 e. The molecule has 0 saturated carbocycles. The number of rotatable bonds is 13. The van der Waals surface area contributed by atoms with Gasteiger partial charge in [-0.05, 0) is 24.1 Å². The predicted molar refractivity (Wildman–Crippen MR) is 131 cm³/mol. The molecule has 2 aromatic carbocycles. The van der Waals surface area contributed by atoms with Crippen LogP contribution in [-0.4, -0.2) is 63.5 Å². The number of esters is 2. The van der Waals surface area contributed by atoms with E-state index < -0.39 is 23.9 Å². The van der Waals surface area contributed by atoms with Crippen molar-refractivity contribution in [1.82, 2.24) is 20.6 Å². The van der Waals surface area contributed by atoms with E-state index >= 15 is 0 Å². The number of H-pyrrole nitrogens is 1. The minimum atomic E-state index is -1.12. The molecule has 0 aliphatic carbocycles. The zero-order valence-corrected chi connectivity index (χ0v) is 20.4. The van der Waals surface area contributed by atoms with Crippen molar-refractivity contribution in [2.24, 2.45) is 5.73 Å². The number of nitrogens with one attached hydrogen (secondary N) is 1. The number of hydrogen-bond acceptors (Lipinski definition) is 9. The second kappa shape index (κ2) is 13.6. The summed E-state index contributed by atoms with van der Waals surface area (Å²) < 4.78 is 11.0. The maximum absolute atomic E-state index is 13.2. The van der Waals surface area contributed by atoms with Crippen molar-refractivity contribution in [3.8, 4) is 5.75 Å². The van der Waals surface area contributed by atoms with E-state index in [-0.39, 0.29) is 18.9 Å². The molecule has 0 spiro atoms. The number of benzene rings is 2. The van der Waals surface area contributed by atoms with Crippen molar-refractivity contribution in [3.05, 3.63) is 66.0 Å². The minimum absolute atomic E-state index is 0.0529. The lowest BCUT2D eigenvalue weighted by atomic mass is 9.99. The van der Waals surface area contributed by atoms with Crippen LogP contribution in [0.15, 0.2) is 54.6 Å². The van der Waals surface area contributed by atoms with Crippen LogP contribution in [0.1, 0.15) is 23.7 Å². The summed E-state index contributed by atoms with van der Waals surface area (Å²) in [6.45, 7) is 1.08. The second-order valence-corrected chi connectivity index (χ2v) is 8.27. The first-order valence-corrected chi connectivity index (χ1v) is 12.0. The fraction of sp³-hybridized carbons (Fsp3) is 0.348. The standard InChI is InChI=1S/C23H26Cl2N6O4/c24-10-12-31(13-11-25)19-8-4-5-9-20(19)35-22(32)17(21-27-29-30-28-21)14-18(26)23(33)34-15-16-6-2-1-3-7-16/h1-9,17-18H,10-15,26H2,(H,27,28,29,30). The number of ether oxygens (including phenoxy) is 2. The van der Waals surface area contributed by atoms with E-state index in [1.807, 2.05) is 41.3 Å². The van der Waals surface area contributed by atoms with Crippen molar-refractivity contribution in [2.45, 2.75) is 25.0 Å². The number of carbonyl (C=O) groups excluding carboxylic acids is 2. The van der Waals surface area contributed by atoms with E-state index in [9.17, 15) is 9.59 Å². The maximum atomic E-state index is 13.2. The molecule has 2 atom stereocenters. The number of halogens is 2. The van der Waals surface area contributed by atoms with E-state index in [2.05, 4.69) is 20.6 Å². The summed E-state index contributed by atoms with van der Waals surface area (Å²) in [4.78, 5) is 27.6. The Morgan fingerprint density at radius 1 is 1.00 bits per heavy atom. The van der Waals surface area contributed by atoms with Gasteiger partial charge in [0.2, 0.25) is 0 Å². The van der Waals surface area contributed by atoms with E-state index in [0.29, 0.717) is 36.3 Å². The summed E-state index contributed by atoms with van der Waals surface area (Å²) in [6.07, 6.45) is -0.138. The van der Waals surface area contributed by atoms with E-state index in [1.54, 1.807) is 18.2 Å². The molecular weight excluding hydrogens is 495 g/mol. The molecule has 10 nitrogen and oxygen atoms in total. The highest BCUT2D eigenvalue weighted by Gasteiger charge is 2.32. The van der Waals surface area contributed by atoms with Gasteiger partial charge < -0.3 is 20.1 Å². The third-order valence-corrected chi connectivity index (χ3v) is 5.44. The van der Waals surface area contributed by atoms with Crippen molar-refractivity contribution in [1.29, 1.82) is 0 Å². The highest BCUT2D eigenvalue weighted by atomic mass is 35.5. The van der Waals surface area contributed by atoms with Gasteiger partial charge in [0, 0.05) is 24.8 Å². The highest BCUT2D eigenvalue weighted by molar-refractivity contribution is 6.18. The molecule has 3 rings (SSSR count). The van der Waals surface area contributed by atoms with E-state index in [1.165, 1.54) is 0 Å². The number of alkyl halides is 2. The average Bonchev–Trinajstić information content (AvgIpc) is 3.41. The van der Waals surface area contributed by atoms with Gasteiger partial charge in [0.05, 0.1) is 5.69 Å². The number of nitrogens with zero attached hydrogens (tertiary/aromatic N) is 4. The van der Waals surface area contributed by atoms with Crippen LogP contribution in [-0.2, 0) is 20.9 Å². The second-order valence-electron chi connectivity index (χ2n) is 7.51. The van der Waals surface area contributed by atoms with Crippen molar-refractivity contribution in [2.75, 3.05) is 29.7 Å². The molecule has 0 aliphatic heterocycles. The van der Waals surface area contributed by atoms with Gasteiger partial charge >= 0.3 is 11.9 Å². The molecule has 186 valence electrons. The van der Waals surface area contributed by atoms with Crippen LogP contribution in [0.2, 0.25) is 0 Å². The Balaban J connectivity index is 1.73. The molecule has 35 heavy (non-hydrogen) atoms. The van der Waals surface area contributed by atoms with E-state index in [4.69, 9.17) is 38.4 Å². The summed E-state index contributed by atoms with van der Waals surface area (Å²) in [5, 5.41) is 13.6. The minimum Gasteiger partial charge on any atom is -0.460 e. The van der Waals surface area contributed by atoms with Gasteiger partial charge in [0.1, 0.15) is 18.6 Å². The van der Waals surface area contributed by atoms with Crippen LogP contribution < -0.4 is 15.4 Å². The summed E-state index contributed by atoms with van der Waals surface area (Å²) >= 11 is 11.9. The first kappa shape index (κ1) is 26.4. The molecular formula is C23H26Cl2N6O4. The quantitative estimate of drug-likeness (QED) is 0.198. The third kappa shape index (κ3) is 7.64. The number of nitrogens with two attached hydrogens (primary N) is 1. The number of aromatic amines is 1. The van der Waals surface area contributed by atoms with Gasteiger partial charge in [0.15, 0.2) is 11.6 Å². The molecule has 1 heterocycles. The monoisotopic (exact) mass is 520 g/mol. The highest BCUT2D eigenvalue weighted by Crippen LogP contribution is 2.30. The Kier molecular flexibility index (Phi) is 10.3. The van der Waals surface area contributed by atoms with Gasteiger partial charge in [-0.3, -0.25) is 9.59 Å². The molecule has 0 radical (unpaired) electrons. The summed E-state index contributed by atoms with van der Waals surface area (Å²) in [6, 6.07) is 15.1. The lowest BCUT2D eigenvalue weighted by molar-refractivity contribution is -0.147. The molecule has 12 heteroatoms. The molecule has 0 amide bonds. The molecule has 0 bridgehead atoms. The van der Waals surface area contributed by atoms with Crippen molar-refractivity contribution in [3.63, 3.8) is 0 Å². The van der Waals surface area contributed by atoms with Gasteiger partial charge in [-0.1, -0.05) is 47.7 Å². The van der Waals surface area contributed by atoms with Gasteiger partial charge in [-0.2, -0.15) is 5.21 Å². The number of para-hydroxylation sites is 2. The Labute approximate surface area is 212 Å². The van der Waals surface area contributed by atoms with Crippen molar-refractivity contribution >= 4 is 40.8 Å². The summed E-state index contributed by atoms with van der Waals surface area (Å²) in [7, 11) is 0.